The molecule has 9 heteroatoms. The van der Waals surface area contributed by atoms with E-state index in [0.717, 1.165) is 19.1 Å². The largest absolute Gasteiger partial charge is 0.331 e. The zero-order valence-electron chi connectivity index (χ0n) is 15.8. The molecule has 148 valence electrons. The molecule has 1 amide bonds. The van der Waals surface area contributed by atoms with Gasteiger partial charge in [-0.15, -0.1) is 11.3 Å². The highest BCUT2D eigenvalue weighted by Crippen LogP contribution is 2.29. The molecule has 2 aromatic heterocycles. The molecule has 29 heavy (non-hydrogen) atoms. The number of hydrogen-bond donors (Lipinski definition) is 1. The maximum absolute atomic E-state index is 12.8. The van der Waals surface area contributed by atoms with Crippen LogP contribution < -0.4 is 16.6 Å². The Balaban J connectivity index is 1.67. The van der Waals surface area contributed by atoms with E-state index >= 15 is 0 Å². The molecule has 0 saturated heterocycles. The van der Waals surface area contributed by atoms with E-state index in [1.165, 1.54) is 4.57 Å². The molecule has 0 saturated carbocycles. The number of benzene rings is 2. The van der Waals surface area contributed by atoms with Gasteiger partial charge in [0.25, 0.3) is 5.56 Å². The zero-order chi connectivity index (χ0) is 20.5. The van der Waals surface area contributed by atoms with Gasteiger partial charge in [0.15, 0.2) is 4.34 Å². The van der Waals surface area contributed by atoms with E-state index in [1.54, 1.807) is 60.4 Å². The quantitative estimate of drug-likeness (QED) is 0.496. The van der Waals surface area contributed by atoms with Crippen LogP contribution in [0.4, 0.5) is 5.69 Å². The fourth-order valence-corrected chi connectivity index (χ4v) is 4.74. The predicted octanol–water partition coefficient (Wildman–Crippen LogP) is 3.15. The van der Waals surface area contributed by atoms with E-state index < -0.39 is 5.69 Å². The van der Waals surface area contributed by atoms with Crippen LogP contribution in [0.5, 0.6) is 0 Å². The van der Waals surface area contributed by atoms with Crippen molar-refractivity contribution in [2.75, 3.05) is 11.6 Å². The maximum Gasteiger partial charge on any atom is 0.331 e. The van der Waals surface area contributed by atoms with Gasteiger partial charge in [0.05, 0.1) is 21.1 Å². The van der Waals surface area contributed by atoms with Gasteiger partial charge in [0.2, 0.25) is 5.91 Å². The summed E-state index contributed by atoms with van der Waals surface area (Å²) in [6.07, 6.45) is 1.97. The van der Waals surface area contributed by atoms with Gasteiger partial charge in [0, 0.05) is 12.2 Å². The number of aromatic nitrogens is 3. The number of nitrogens with one attached hydrogen (secondary N) is 1. The molecule has 0 spiro atoms. The number of carbonyl (C=O) groups excluding carboxylic acids is 1. The topological polar surface area (TPSA) is 86.0 Å². The van der Waals surface area contributed by atoms with Gasteiger partial charge < -0.3 is 5.32 Å². The summed E-state index contributed by atoms with van der Waals surface area (Å²) >= 11 is 3.14. The molecule has 0 atom stereocenters. The number of anilines is 1. The van der Waals surface area contributed by atoms with Crippen LogP contribution in [0.3, 0.4) is 0 Å². The third-order valence-electron chi connectivity index (χ3n) is 4.58. The van der Waals surface area contributed by atoms with Crippen LogP contribution in [-0.4, -0.2) is 26.3 Å². The first kappa shape index (κ1) is 19.4. The maximum atomic E-state index is 12.8. The Hall–Kier alpha value is -2.91. The second kappa shape index (κ2) is 7.84. The minimum atomic E-state index is -0.492. The molecule has 0 aliphatic rings. The van der Waals surface area contributed by atoms with Crippen LogP contribution in [0.15, 0.2) is 56.4 Å². The van der Waals surface area contributed by atoms with Gasteiger partial charge in [-0.05, 0) is 43.5 Å². The summed E-state index contributed by atoms with van der Waals surface area (Å²) in [6.45, 7) is 1.79. The molecule has 0 unspecified atom stereocenters. The van der Waals surface area contributed by atoms with Crippen molar-refractivity contribution in [2.24, 2.45) is 0 Å². The predicted molar refractivity (Wildman–Crippen MR) is 118 cm³/mol. The third-order valence-corrected chi connectivity index (χ3v) is 6.58. The van der Waals surface area contributed by atoms with E-state index in [-0.39, 0.29) is 24.6 Å². The van der Waals surface area contributed by atoms with E-state index in [2.05, 4.69) is 10.3 Å². The van der Waals surface area contributed by atoms with Crippen molar-refractivity contribution < 1.29 is 4.79 Å². The zero-order valence-corrected chi connectivity index (χ0v) is 17.5. The fraction of sp³-hybridized carbons (Fsp3) is 0.200. The summed E-state index contributed by atoms with van der Waals surface area (Å²) in [5, 5.41) is 3.25. The number of fused-ring (bicyclic) bond motifs is 2. The molecule has 0 bridgehead atoms. The lowest BCUT2D eigenvalue weighted by Crippen LogP contribution is -2.41. The molecule has 4 aromatic rings. The van der Waals surface area contributed by atoms with E-state index in [1.807, 2.05) is 18.4 Å². The standard InChI is InChI=1S/C20H18N4O3S2/c1-3-23-18(26)13-6-4-5-7-15(13)24(20(23)27)11-17(25)21-12-8-9-14-16(10-12)29-19(22-14)28-2/h4-10H,3,11H2,1-2H3,(H,21,25). The molecule has 0 fully saturated rings. The van der Waals surface area contributed by atoms with Crippen LogP contribution in [0, 0.1) is 0 Å². The number of para-hydroxylation sites is 1. The lowest BCUT2D eigenvalue weighted by molar-refractivity contribution is -0.116. The number of thioether (sulfide) groups is 1. The summed E-state index contributed by atoms with van der Waals surface area (Å²) in [5.74, 6) is -0.340. The SMILES string of the molecule is CCn1c(=O)c2ccccc2n(CC(=O)Nc2ccc3nc(SC)sc3c2)c1=O. The monoisotopic (exact) mass is 426 g/mol. The number of rotatable bonds is 5. The Morgan fingerprint density at radius 3 is 2.72 bits per heavy atom. The summed E-state index contributed by atoms with van der Waals surface area (Å²) in [4.78, 5) is 42.4. The molecule has 2 aromatic carbocycles. The van der Waals surface area contributed by atoms with Gasteiger partial charge in [-0.25, -0.2) is 9.78 Å². The number of thiazole rings is 1. The Labute approximate surface area is 174 Å². The van der Waals surface area contributed by atoms with Gasteiger partial charge in [0.1, 0.15) is 6.54 Å². The Morgan fingerprint density at radius 2 is 1.97 bits per heavy atom. The third kappa shape index (κ3) is 3.58. The lowest BCUT2D eigenvalue weighted by Gasteiger charge is -2.13. The van der Waals surface area contributed by atoms with Crippen LogP contribution in [0.1, 0.15) is 6.92 Å². The minimum absolute atomic E-state index is 0.184. The first-order valence-electron chi connectivity index (χ1n) is 8.98. The first-order valence-corrected chi connectivity index (χ1v) is 11.0. The van der Waals surface area contributed by atoms with Gasteiger partial charge in [-0.3, -0.25) is 18.7 Å². The lowest BCUT2D eigenvalue weighted by atomic mass is 10.2. The normalized spacial score (nSPS) is 11.2. The fourth-order valence-electron chi connectivity index (χ4n) is 3.22. The van der Waals surface area contributed by atoms with Crippen molar-refractivity contribution in [1.29, 1.82) is 0 Å². The molecule has 0 aliphatic carbocycles. The van der Waals surface area contributed by atoms with Crippen molar-refractivity contribution in [1.82, 2.24) is 14.1 Å². The molecular formula is C20H18N4O3S2. The summed E-state index contributed by atoms with van der Waals surface area (Å²) in [7, 11) is 0. The van der Waals surface area contributed by atoms with Crippen molar-refractivity contribution in [3.8, 4) is 0 Å². The highest BCUT2D eigenvalue weighted by Gasteiger charge is 2.15. The molecule has 0 aliphatic heterocycles. The van der Waals surface area contributed by atoms with E-state index in [0.29, 0.717) is 16.6 Å². The summed E-state index contributed by atoms with van der Waals surface area (Å²) in [6, 6.07) is 12.4. The van der Waals surface area contributed by atoms with Crippen LogP contribution >= 0.6 is 23.1 Å². The van der Waals surface area contributed by atoms with Crippen molar-refractivity contribution in [3.05, 3.63) is 63.3 Å². The van der Waals surface area contributed by atoms with Gasteiger partial charge in [-0.2, -0.15) is 0 Å². The highest BCUT2D eigenvalue weighted by molar-refractivity contribution is 8.00. The number of hydrogen-bond acceptors (Lipinski definition) is 6. The first-order chi connectivity index (χ1) is 14.0. The van der Waals surface area contributed by atoms with E-state index in [9.17, 15) is 14.4 Å². The van der Waals surface area contributed by atoms with Gasteiger partial charge in [-0.1, -0.05) is 23.9 Å². The molecule has 7 nitrogen and oxygen atoms in total. The van der Waals surface area contributed by atoms with Crippen molar-refractivity contribution in [3.63, 3.8) is 0 Å². The van der Waals surface area contributed by atoms with E-state index in [4.69, 9.17) is 0 Å². The smallest absolute Gasteiger partial charge is 0.324 e. The van der Waals surface area contributed by atoms with Crippen molar-refractivity contribution >= 4 is 55.8 Å². The minimum Gasteiger partial charge on any atom is -0.324 e. The van der Waals surface area contributed by atoms with Gasteiger partial charge >= 0.3 is 5.69 Å². The average Bonchev–Trinajstić information content (AvgIpc) is 3.14. The molecular weight excluding hydrogens is 408 g/mol. The average molecular weight is 427 g/mol. The second-order valence-corrected chi connectivity index (χ2v) is 8.43. The molecule has 1 N–H and O–H groups in total. The number of carbonyl (C=O) groups is 1. The molecule has 4 rings (SSSR count). The Bertz CT molecular complexity index is 1350. The Morgan fingerprint density at radius 1 is 1.17 bits per heavy atom. The van der Waals surface area contributed by atoms with Crippen molar-refractivity contribution in [2.45, 2.75) is 24.4 Å². The molecule has 0 radical (unpaired) electrons. The van der Waals surface area contributed by atoms with Crippen LogP contribution in [-0.2, 0) is 17.9 Å². The second-order valence-electron chi connectivity index (χ2n) is 6.35. The molecule has 2 heterocycles. The summed E-state index contributed by atoms with van der Waals surface area (Å²) in [5.41, 5.74) is 1.14. The highest BCUT2D eigenvalue weighted by atomic mass is 32.2. The van der Waals surface area contributed by atoms with Crippen LogP contribution in [0.25, 0.3) is 21.1 Å². The number of nitrogens with zero attached hydrogens (tertiary/aromatic N) is 3. The Kier molecular flexibility index (Phi) is 5.25. The summed E-state index contributed by atoms with van der Waals surface area (Å²) < 4.78 is 4.42. The number of amides is 1. The van der Waals surface area contributed by atoms with Crippen LogP contribution in [0.2, 0.25) is 0 Å².